The molecule has 2 aromatic carbocycles. The van der Waals surface area contributed by atoms with Crippen LogP contribution < -0.4 is 14.8 Å². The second kappa shape index (κ2) is 9.51. The molecule has 2 aromatic rings. The van der Waals surface area contributed by atoms with Crippen LogP contribution in [0.25, 0.3) is 0 Å². The van der Waals surface area contributed by atoms with Crippen molar-refractivity contribution in [1.29, 1.82) is 0 Å². The van der Waals surface area contributed by atoms with Crippen LogP contribution in [0.1, 0.15) is 5.56 Å². The maximum Gasteiger partial charge on any atom is 0.262 e. The fourth-order valence-electron chi connectivity index (χ4n) is 2.02. The Labute approximate surface area is 161 Å². The molecule has 0 fully saturated rings. The Balaban J connectivity index is 1.85. The highest BCUT2D eigenvalue weighted by Gasteiger charge is 2.10. The highest BCUT2D eigenvalue weighted by Crippen LogP contribution is 2.16. The quantitative estimate of drug-likeness (QED) is 0.589. The van der Waals surface area contributed by atoms with Gasteiger partial charge in [-0.2, -0.15) is 0 Å². The molecule has 1 amide bonds. The number of carbonyl (C=O) groups excluding carboxylic acids is 1. The van der Waals surface area contributed by atoms with Gasteiger partial charge in [0.2, 0.25) is 10.0 Å². The number of amides is 1. The summed E-state index contributed by atoms with van der Waals surface area (Å²) >= 11 is 3.33. The zero-order valence-corrected chi connectivity index (χ0v) is 16.3. The van der Waals surface area contributed by atoms with Crippen LogP contribution in [0.15, 0.2) is 65.7 Å². The molecule has 0 aliphatic carbocycles. The highest BCUT2D eigenvalue weighted by atomic mass is 79.9. The summed E-state index contributed by atoms with van der Waals surface area (Å²) in [5.74, 6) is 0.152. The Hall–Kier alpha value is -2.16. The van der Waals surface area contributed by atoms with Crippen LogP contribution in [-0.2, 0) is 20.6 Å². The average Bonchev–Trinajstić information content (AvgIpc) is 2.61. The van der Waals surface area contributed by atoms with E-state index in [2.05, 4.69) is 32.5 Å². The minimum Gasteiger partial charge on any atom is -0.484 e. The van der Waals surface area contributed by atoms with Crippen molar-refractivity contribution < 1.29 is 17.9 Å². The van der Waals surface area contributed by atoms with Crippen LogP contribution in [-0.4, -0.2) is 27.5 Å². The number of ether oxygens (including phenoxy) is 1. The van der Waals surface area contributed by atoms with Crippen molar-refractivity contribution in [2.45, 2.75) is 5.75 Å². The second-order valence-corrected chi connectivity index (χ2v) is 8.11. The molecule has 0 saturated heterocycles. The summed E-state index contributed by atoms with van der Waals surface area (Å²) in [6.07, 6.45) is 1.48. The van der Waals surface area contributed by atoms with Crippen molar-refractivity contribution in [1.82, 2.24) is 4.72 Å². The smallest absolute Gasteiger partial charge is 0.262 e. The molecule has 0 atom stereocenters. The van der Waals surface area contributed by atoms with Gasteiger partial charge in [0.25, 0.3) is 5.91 Å². The van der Waals surface area contributed by atoms with Gasteiger partial charge in [-0.05, 0) is 42.0 Å². The minimum atomic E-state index is -3.41. The van der Waals surface area contributed by atoms with E-state index in [9.17, 15) is 13.2 Å². The summed E-state index contributed by atoms with van der Waals surface area (Å²) in [5.41, 5.74) is 1.18. The van der Waals surface area contributed by atoms with Crippen molar-refractivity contribution in [2.75, 3.05) is 18.5 Å². The Morgan fingerprint density at radius 1 is 1.12 bits per heavy atom. The lowest BCUT2D eigenvalue weighted by atomic mass is 10.2. The Kier molecular flexibility index (Phi) is 7.38. The van der Waals surface area contributed by atoms with E-state index in [0.29, 0.717) is 17.0 Å². The zero-order chi connectivity index (χ0) is 19.0. The lowest BCUT2D eigenvalue weighted by Crippen LogP contribution is -2.25. The first-order chi connectivity index (χ1) is 12.4. The van der Waals surface area contributed by atoms with Crippen LogP contribution in [0.4, 0.5) is 5.69 Å². The molecule has 0 heterocycles. The number of hydrogen-bond acceptors (Lipinski definition) is 4. The molecule has 0 saturated carbocycles. The van der Waals surface area contributed by atoms with E-state index in [1.165, 1.54) is 6.08 Å². The highest BCUT2D eigenvalue weighted by molar-refractivity contribution is 9.10. The normalized spacial score (nSPS) is 11.0. The van der Waals surface area contributed by atoms with Gasteiger partial charge in [0.05, 0.1) is 5.75 Å². The SMILES string of the molecule is C=CCNS(=O)(=O)Cc1ccc(NC(=O)COc2ccc(Br)cc2)cc1. The molecule has 2 rings (SSSR count). The van der Waals surface area contributed by atoms with Gasteiger partial charge in [0.1, 0.15) is 5.75 Å². The van der Waals surface area contributed by atoms with Crippen molar-refractivity contribution in [3.63, 3.8) is 0 Å². The maximum absolute atomic E-state index is 11.9. The number of sulfonamides is 1. The summed E-state index contributed by atoms with van der Waals surface area (Å²) in [4.78, 5) is 11.9. The van der Waals surface area contributed by atoms with Gasteiger partial charge in [-0.25, -0.2) is 13.1 Å². The number of nitrogens with one attached hydrogen (secondary N) is 2. The summed E-state index contributed by atoms with van der Waals surface area (Å²) in [5, 5.41) is 2.70. The molecule has 0 spiro atoms. The number of anilines is 1. The molecule has 8 heteroatoms. The molecular weight excluding hydrogens is 420 g/mol. The Morgan fingerprint density at radius 3 is 2.38 bits per heavy atom. The third-order valence-electron chi connectivity index (χ3n) is 3.23. The van der Waals surface area contributed by atoms with E-state index in [0.717, 1.165) is 4.47 Å². The van der Waals surface area contributed by atoms with Crippen LogP contribution in [0.5, 0.6) is 5.75 Å². The van der Waals surface area contributed by atoms with E-state index in [1.54, 1.807) is 36.4 Å². The monoisotopic (exact) mass is 438 g/mol. The predicted octanol–water partition coefficient (Wildman–Crippen LogP) is 3.07. The fourth-order valence-corrected chi connectivity index (χ4v) is 3.39. The van der Waals surface area contributed by atoms with E-state index < -0.39 is 10.0 Å². The van der Waals surface area contributed by atoms with Gasteiger partial charge in [0, 0.05) is 16.7 Å². The first-order valence-corrected chi connectivity index (χ1v) is 10.2. The van der Waals surface area contributed by atoms with Gasteiger partial charge >= 0.3 is 0 Å². The zero-order valence-electron chi connectivity index (χ0n) is 13.9. The number of rotatable bonds is 9. The Morgan fingerprint density at radius 2 is 1.77 bits per heavy atom. The van der Waals surface area contributed by atoms with Gasteiger partial charge in [-0.3, -0.25) is 4.79 Å². The van der Waals surface area contributed by atoms with E-state index in [4.69, 9.17) is 4.74 Å². The third-order valence-corrected chi connectivity index (χ3v) is 5.07. The van der Waals surface area contributed by atoms with Crippen molar-refractivity contribution in [3.8, 4) is 5.75 Å². The molecule has 0 bridgehead atoms. The van der Waals surface area contributed by atoms with Crippen molar-refractivity contribution in [3.05, 3.63) is 71.2 Å². The number of halogens is 1. The minimum absolute atomic E-state index is 0.122. The second-order valence-electron chi connectivity index (χ2n) is 5.38. The third kappa shape index (κ3) is 6.99. The number of benzene rings is 2. The standard InChI is InChI=1S/C18H19BrN2O4S/c1-2-11-20-26(23,24)13-14-3-7-16(8-4-14)21-18(22)12-25-17-9-5-15(19)6-10-17/h2-10,20H,1,11-13H2,(H,21,22). The molecular formula is C18H19BrN2O4S. The molecule has 0 radical (unpaired) electrons. The molecule has 26 heavy (non-hydrogen) atoms. The molecule has 0 aromatic heterocycles. The van der Waals surface area contributed by atoms with Crippen molar-refractivity contribution in [2.24, 2.45) is 0 Å². The van der Waals surface area contributed by atoms with Crippen LogP contribution in [0.3, 0.4) is 0 Å². The summed E-state index contributed by atoms with van der Waals surface area (Å²) < 4.78 is 32.4. The fraction of sp³-hybridized carbons (Fsp3) is 0.167. The van der Waals surface area contributed by atoms with Crippen LogP contribution in [0, 0.1) is 0 Å². The molecule has 6 nitrogen and oxygen atoms in total. The van der Waals surface area contributed by atoms with Crippen LogP contribution >= 0.6 is 15.9 Å². The molecule has 0 unspecified atom stereocenters. The summed E-state index contributed by atoms with van der Waals surface area (Å²) in [7, 11) is -3.41. The van der Waals surface area contributed by atoms with Gasteiger partial charge in [-0.15, -0.1) is 6.58 Å². The van der Waals surface area contributed by atoms with E-state index in [-0.39, 0.29) is 24.8 Å². The molecule has 0 aliphatic heterocycles. The summed E-state index contributed by atoms with van der Waals surface area (Å²) in [6.45, 7) is 3.54. The Bertz CT molecular complexity index is 850. The van der Waals surface area contributed by atoms with Crippen LogP contribution in [0.2, 0.25) is 0 Å². The average molecular weight is 439 g/mol. The van der Waals surface area contributed by atoms with E-state index >= 15 is 0 Å². The number of hydrogen-bond donors (Lipinski definition) is 2. The lowest BCUT2D eigenvalue weighted by Gasteiger charge is -2.09. The van der Waals surface area contributed by atoms with Gasteiger partial charge in [-0.1, -0.05) is 34.1 Å². The molecule has 138 valence electrons. The topological polar surface area (TPSA) is 84.5 Å². The molecule has 0 aliphatic rings. The largest absolute Gasteiger partial charge is 0.484 e. The van der Waals surface area contributed by atoms with Gasteiger partial charge in [0.15, 0.2) is 6.61 Å². The lowest BCUT2D eigenvalue weighted by molar-refractivity contribution is -0.118. The first kappa shape index (κ1) is 20.2. The van der Waals surface area contributed by atoms with Crippen molar-refractivity contribution >= 4 is 37.5 Å². The predicted molar refractivity (Wildman–Crippen MR) is 106 cm³/mol. The van der Waals surface area contributed by atoms with E-state index in [1.807, 2.05) is 12.1 Å². The van der Waals surface area contributed by atoms with Gasteiger partial charge < -0.3 is 10.1 Å². The maximum atomic E-state index is 11.9. The molecule has 2 N–H and O–H groups in total. The summed E-state index contributed by atoms with van der Waals surface area (Å²) in [6, 6.07) is 13.8. The number of carbonyl (C=O) groups is 1. The first-order valence-electron chi connectivity index (χ1n) is 7.73.